The van der Waals surface area contributed by atoms with Gasteiger partial charge in [0, 0.05) is 0 Å². The fourth-order valence-corrected chi connectivity index (χ4v) is 4.75. The summed E-state index contributed by atoms with van der Waals surface area (Å²) in [5.74, 6) is 0. The van der Waals surface area contributed by atoms with E-state index in [-0.39, 0.29) is 34.1 Å². The molecule has 2 radical (unpaired) electrons. The zero-order chi connectivity index (χ0) is 46.6. The molecule has 0 spiro atoms. The fraction of sp³-hybridized carbons (Fsp3) is 0.143. The molecule has 4 aromatic heterocycles. The van der Waals surface area contributed by atoms with Crippen LogP contribution in [0.1, 0.15) is 22.8 Å². The third-order valence-electron chi connectivity index (χ3n) is 7.16. The number of aryl methyl sites for hydroxylation is 4. The number of benzene rings is 4. The van der Waals surface area contributed by atoms with Crippen LogP contribution in [0, 0.1) is 48.2 Å². The van der Waals surface area contributed by atoms with Gasteiger partial charge in [-0.05, 0) is 74.2 Å². The van der Waals surface area contributed by atoms with Gasteiger partial charge in [0.15, 0.2) is 0 Å². The van der Waals surface area contributed by atoms with Crippen molar-refractivity contribution in [2.75, 3.05) is 14.2 Å². The van der Waals surface area contributed by atoms with Crippen LogP contribution in [0.5, 0.6) is 0 Å². The SMILES string of the molecule is C[O-].C[O-].Cc1cc(-c2ccccc2)[nH]n1.Cc1cc(-c2ccccc2)[nH]n1.Cc1cc(-c2ccccc2)[nH]n1.Cc1cc(-c2ccccc2)[nH]n1.[Cu+2].[Cu+2].[O-][Cl+3]([O-])([O-])[O-].[O-][Cl+3]([O-])([O-])[O-]. The molecule has 64 heavy (non-hydrogen) atoms. The van der Waals surface area contributed by atoms with Gasteiger partial charge in [0.05, 0.1) is 45.6 Å². The molecule has 4 heterocycles. The molecule has 18 nitrogen and oxygen atoms in total. The Morgan fingerprint density at radius 2 is 0.453 bits per heavy atom. The Bertz CT molecular complexity index is 1980. The van der Waals surface area contributed by atoms with Crippen molar-refractivity contribution in [2.24, 2.45) is 0 Å². The van der Waals surface area contributed by atoms with E-state index in [0.29, 0.717) is 0 Å². The molecule has 0 fully saturated rings. The Balaban J connectivity index is 0. The van der Waals surface area contributed by atoms with Gasteiger partial charge in [-0.1, -0.05) is 121 Å². The molecule has 0 saturated heterocycles. The van der Waals surface area contributed by atoms with E-state index >= 15 is 0 Å². The summed E-state index contributed by atoms with van der Waals surface area (Å²) in [5, 5.41) is 44.7. The molecule has 0 aliphatic carbocycles. The molecule has 350 valence electrons. The Morgan fingerprint density at radius 1 is 0.312 bits per heavy atom. The summed E-state index contributed by atoms with van der Waals surface area (Å²) in [4.78, 5) is 0. The second kappa shape index (κ2) is 33.4. The predicted octanol–water partition coefficient (Wildman–Crippen LogP) is -2.02. The molecule has 8 rings (SSSR count). The van der Waals surface area contributed by atoms with Crippen LogP contribution in [-0.2, 0) is 34.1 Å². The van der Waals surface area contributed by atoms with Crippen LogP contribution in [0.2, 0.25) is 0 Å². The maximum absolute atomic E-state index is 8.49. The van der Waals surface area contributed by atoms with E-state index in [0.717, 1.165) is 59.8 Å². The maximum Gasteiger partial charge on any atom is 2.00 e. The van der Waals surface area contributed by atoms with Gasteiger partial charge in [-0.2, -0.15) is 34.6 Å². The molecule has 0 saturated carbocycles. The van der Waals surface area contributed by atoms with Crippen molar-refractivity contribution < 1.29 is 102 Å². The van der Waals surface area contributed by atoms with Gasteiger partial charge in [-0.25, -0.2) is 37.3 Å². The molecule has 22 heteroatoms. The van der Waals surface area contributed by atoms with Gasteiger partial charge >= 0.3 is 34.1 Å². The van der Waals surface area contributed by atoms with E-state index in [4.69, 9.17) is 47.5 Å². The first-order valence-corrected chi connectivity index (χ1v) is 20.3. The van der Waals surface area contributed by atoms with Gasteiger partial charge in [-0.15, -0.1) is 20.5 Å². The summed E-state index contributed by atoms with van der Waals surface area (Å²) in [5.41, 5.74) is 13.1. The number of nitrogens with one attached hydrogen (secondary N) is 4. The fourth-order valence-electron chi connectivity index (χ4n) is 4.75. The van der Waals surface area contributed by atoms with Crippen molar-refractivity contribution in [3.05, 3.63) is 168 Å². The van der Waals surface area contributed by atoms with Gasteiger partial charge in [0.2, 0.25) is 0 Å². The summed E-state index contributed by atoms with van der Waals surface area (Å²) in [6, 6.07) is 48.8. The van der Waals surface area contributed by atoms with Crippen LogP contribution < -0.4 is 47.5 Å². The number of hydrogen-bond donors (Lipinski definition) is 4. The normalized spacial score (nSPS) is 9.62. The molecule has 0 bridgehead atoms. The molecule has 0 aliphatic rings. The zero-order valence-corrected chi connectivity index (χ0v) is 38.5. The second-order valence-corrected chi connectivity index (χ2v) is 13.4. The summed E-state index contributed by atoms with van der Waals surface area (Å²) >= 11 is 0. The smallest absolute Gasteiger partial charge is 0.857 e. The minimum Gasteiger partial charge on any atom is -0.857 e. The van der Waals surface area contributed by atoms with Crippen molar-refractivity contribution in [2.45, 2.75) is 27.7 Å². The number of aromatic nitrogens is 8. The van der Waals surface area contributed by atoms with Crippen LogP contribution >= 0.6 is 0 Å². The molecule has 0 atom stereocenters. The molecule has 4 aromatic carbocycles. The van der Waals surface area contributed by atoms with E-state index in [2.05, 4.69) is 89.3 Å². The van der Waals surface area contributed by atoms with Gasteiger partial charge in [0.1, 0.15) is 0 Å². The van der Waals surface area contributed by atoms with E-state index in [9.17, 15) is 0 Å². The topological polar surface area (TPSA) is 345 Å². The monoisotopic (exact) mass is 1020 g/mol. The minimum atomic E-state index is -4.94. The molecule has 0 unspecified atom stereocenters. The number of rotatable bonds is 4. The summed E-state index contributed by atoms with van der Waals surface area (Å²) < 4.78 is 67.9. The van der Waals surface area contributed by atoms with Gasteiger partial charge in [0.25, 0.3) is 0 Å². The average molecular weight is 1020 g/mol. The molecular formula is C42H46Cl2Cu2N8O10. The maximum atomic E-state index is 8.49. The molecule has 0 amide bonds. The van der Waals surface area contributed by atoms with E-state index in [1.165, 1.54) is 22.3 Å². The first-order valence-electron chi connectivity index (χ1n) is 17.8. The van der Waals surface area contributed by atoms with Crippen molar-refractivity contribution in [3.63, 3.8) is 0 Å². The van der Waals surface area contributed by atoms with E-state index in [1.807, 2.05) is 125 Å². The van der Waals surface area contributed by atoms with Crippen molar-refractivity contribution >= 4 is 0 Å². The van der Waals surface area contributed by atoms with Crippen molar-refractivity contribution in [3.8, 4) is 45.0 Å². The quantitative estimate of drug-likeness (QED) is 0.138. The van der Waals surface area contributed by atoms with Crippen molar-refractivity contribution in [1.29, 1.82) is 0 Å². The summed E-state index contributed by atoms with van der Waals surface area (Å²) in [7, 11) is -8.39. The standard InChI is InChI=1S/4C10H10N2.2CH3O.2ClHO4.2Cu/c4*1-8-7-10(12-11-8)9-5-3-2-4-6-9;2*1-2;2*2-1(3,4)5;;/h4*2-7H,1H3,(H,11,12);2*1H3;2*(H,2,3,4,5);;/q;;;;2*-1;;;2*+2/p-2. The van der Waals surface area contributed by atoms with Crippen LogP contribution in [0.15, 0.2) is 146 Å². The first-order chi connectivity index (χ1) is 29.4. The molecule has 0 aliphatic heterocycles. The minimum absolute atomic E-state index is 0. The number of halogens is 2. The van der Waals surface area contributed by atoms with Crippen LogP contribution in [-0.4, -0.2) is 55.0 Å². The van der Waals surface area contributed by atoms with E-state index in [1.54, 1.807) is 0 Å². The Morgan fingerprint density at radius 3 is 0.562 bits per heavy atom. The molecule has 8 aromatic rings. The number of aromatic amines is 4. The number of hydrogen-bond acceptors (Lipinski definition) is 14. The number of nitrogens with zero attached hydrogens (tertiary/aromatic N) is 4. The largest absolute Gasteiger partial charge is 2.00 e. The van der Waals surface area contributed by atoms with Crippen LogP contribution in [0.25, 0.3) is 45.0 Å². The average Bonchev–Trinajstić information content (AvgIpc) is 4.10. The number of H-pyrrole nitrogens is 4. The van der Waals surface area contributed by atoms with E-state index < -0.39 is 20.5 Å². The Kier molecular flexibility index (Phi) is 31.9. The summed E-state index contributed by atoms with van der Waals surface area (Å²) in [6.07, 6.45) is 0. The first kappa shape index (κ1) is 61.0. The van der Waals surface area contributed by atoms with Gasteiger partial charge < -0.3 is 10.2 Å². The summed E-state index contributed by atoms with van der Waals surface area (Å²) in [6.45, 7) is 7.90. The van der Waals surface area contributed by atoms with Gasteiger partial charge in [-0.3, -0.25) is 20.4 Å². The predicted molar refractivity (Wildman–Crippen MR) is 207 cm³/mol. The van der Waals surface area contributed by atoms with Crippen molar-refractivity contribution in [1.82, 2.24) is 40.8 Å². The molecule has 4 N–H and O–H groups in total. The van der Waals surface area contributed by atoms with Crippen LogP contribution in [0.4, 0.5) is 0 Å². The third kappa shape index (κ3) is 28.6. The molecular weight excluding hydrogens is 975 g/mol. The second-order valence-electron chi connectivity index (χ2n) is 11.9. The van der Waals surface area contributed by atoms with Crippen LogP contribution in [0.3, 0.4) is 0 Å². The Hall–Kier alpha value is -5.06. The third-order valence-corrected chi connectivity index (χ3v) is 7.16. The zero-order valence-electron chi connectivity index (χ0n) is 35.1. The Labute approximate surface area is 396 Å².